The normalized spacial score (nSPS) is 43.4. The number of nitrogens with zero attached hydrogens (tertiary/aromatic N) is 1. The molecular formula is C13H21NO3. The third-order valence-corrected chi connectivity index (χ3v) is 4.13. The molecule has 3 fully saturated rings. The third kappa shape index (κ3) is 1.97. The van der Waals surface area contributed by atoms with Crippen molar-refractivity contribution in [3.63, 3.8) is 0 Å². The van der Waals surface area contributed by atoms with Gasteiger partial charge in [-0.05, 0) is 26.2 Å². The summed E-state index contributed by atoms with van der Waals surface area (Å²) in [5.74, 6) is 1.13. The van der Waals surface area contributed by atoms with Crippen LogP contribution in [-0.4, -0.2) is 48.3 Å². The van der Waals surface area contributed by atoms with Crippen LogP contribution in [0.4, 0.5) is 0 Å². The van der Waals surface area contributed by atoms with Crippen molar-refractivity contribution < 1.29 is 14.3 Å². The zero-order chi connectivity index (χ0) is 12.2. The maximum absolute atomic E-state index is 12.4. The molecule has 3 aliphatic rings. The SMILES string of the molecule is CC1CC1C(=O)N1CC(C)(C)O[C@@H]2COC[C@H]21. The monoisotopic (exact) mass is 239 g/mol. The number of amides is 1. The second kappa shape index (κ2) is 3.69. The summed E-state index contributed by atoms with van der Waals surface area (Å²) in [5, 5.41) is 0. The molecule has 0 radical (unpaired) electrons. The summed E-state index contributed by atoms with van der Waals surface area (Å²) >= 11 is 0. The number of carbonyl (C=O) groups is 1. The molecule has 0 spiro atoms. The summed E-state index contributed by atoms with van der Waals surface area (Å²) in [6.45, 7) is 8.21. The van der Waals surface area contributed by atoms with Crippen LogP contribution in [0, 0.1) is 11.8 Å². The van der Waals surface area contributed by atoms with E-state index in [1.807, 2.05) is 4.90 Å². The van der Waals surface area contributed by atoms with Gasteiger partial charge in [-0.2, -0.15) is 0 Å². The van der Waals surface area contributed by atoms with Crippen LogP contribution in [0.1, 0.15) is 27.2 Å². The molecule has 2 aliphatic heterocycles. The van der Waals surface area contributed by atoms with Crippen molar-refractivity contribution in [1.82, 2.24) is 4.90 Å². The smallest absolute Gasteiger partial charge is 0.226 e. The molecule has 2 saturated heterocycles. The van der Waals surface area contributed by atoms with Crippen molar-refractivity contribution in [3.05, 3.63) is 0 Å². The van der Waals surface area contributed by atoms with Crippen molar-refractivity contribution in [3.8, 4) is 0 Å². The molecule has 0 N–H and O–H groups in total. The Balaban J connectivity index is 1.78. The molecule has 96 valence electrons. The minimum Gasteiger partial charge on any atom is -0.376 e. The molecule has 0 aromatic carbocycles. The molecule has 4 nitrogen and oxygen atoms in total. The molecule has 2 unspecified atom stereocenters. The zero-order valence-corrected chi connectivity index (χ0v) is 10.8. The Bertz CT molecular complexity index is 342. The average molecular weight is 239 g/mol. The highest BCUT2D eigenvalue weighted by atomic mass is 16.6. The van der Waals surface area contributed by atoms with Gasteiger partial charge in [-0.25, -0.2) is 0 Å². The van der Waals surface area contributed by atoms with Gasteiger partial charge in [-0.3, -0.25) is 4.79 Å². The van der Waals surface area contributed by atoms with E-state index in [1.54, 1.807) is 0 Å². The van der Waals surface area contributed by atoms with Crippen LogP contribution in [0.3, 0.4) is 0 Å². The number of rotatable bonds is 1. The first-order chi connectivity index (χ1) is 7.98. The van der Waals surface area contributed by atoms with Crippen molar-refractivity contribution in [2.75, 3.05) is 19.8 Å². The van der Waals surface area contributed by atoms with Crippen LogP contribution < -0.4 is 0 Å². The average Bonchev–Trinajstić information content (AvgIpc) is 2.79. The van der Waals surface area contributed by atoms with Gasteiger partial charge < -0.3 is 14.4 Å². The summed E-state index contributed by atoms with van der Waals surface area (Å²) < 4.78 is 11.5. The maximum atomic E-state index is 12.4. The minimum absolute atomic E-state index is 0.0664. The molecule has 3 rings (SSSR count). The van der Waals surface area contributed by atoms with Crippen molar-refractivity contribution in [2.24, 2.45) is 11.8 Å². The predicted molar refractivity (Wildman–Crippen MR) is 62.5 cm³/mol. The van der Waals surface area contributed by atoms with Crippen LogP contribution in [0.2, 0.25) is 0 Å². The van der Waals surface area contributed by atoms with Gasteiger partial charge in [0.2, 0.25) is 5.91 Å². The minimum atomic E-state index is -0.247. The molecule has 17 heavy (non-hydrogen) atoms. The van der Waals surface area contributed by atoms with Crippen molar-refractivity contribution >= 4 is 5.91 Å². The van der Waals surface area contributed by atoms with E-state index in [2.05, 4.69) is 20.8 Å². The van der Waals surface area contributed by atoms with Gasteiger partial charge in [-0.1, -0.05) is 6.92 Å². The Labute approximate surface area is 102 Å². The Morgan fingerprint density at radius 1 is 1.35 bits per heavy atom. The van der Waals surface area contributed by atoms with Gasteiger partial charge >= 0.3 is 0 Å². The Hall–Kier alpha value is -0.610. The predicted octanol–water partition coefficient (Wildman–Crippen LogP) is 1.05. The molecule has 0 aromatic heterocycles. The summed E-state index contributed by atoms with van der Waals surface area (Å²) in [6, 6.07) is 0.142. The molecule has 1 saturated carbocycles. The summed E-state index contributed by atoms with van der Waals surface area (Å²) in [4.78, 5) is 14.4. The molecule has 0 bridgehead atoms. The fourth-order valence-electron chi connectivity index (χ4n) is 3.02. The van der Waals surface area contributed by atoms with Crippen LogP contribution in [0.25, 0.3) is 0 Å². The van der Waals surface area contributed by atoms with E-state index in [1.165, 1.54) is 0 Å². The summed E-state index contributed by atoms with van der Waals surface area (Å²) in [7, 11) is 0. The fourth-order valence-corrected chi connectivity index (χ4v) is 3.02. The molecule has 4 atom stereocenters. The van der Waals surface area contributed by atoms with E-state index in [9.17, 15) is 4.79 Å². The van der Waals surface area contributed by atoms with Crippen LogP contribution >= 0.6 is 0 Å². The zero-order valence-electron chi connectivity index (χ0n) is 10.8. The van der Waals surface area contributed by atoms with Crippen molar-refractivity contribution in [2.45, 2.75) is 44.9 Å². The highest BCUT2D eigenvalue weighted by Gasteiger charge is 2.50. The summed E-state index contributed by atoms with van der Waals surface area (Å²) in [6.07, 6.45) is 1.12. The highest BCUT2D eigenvalue weighted by molar-refractivity contribution is 5.82. The quantitative estimate of drug-likeness (QED) is 0.686. The second-order valence-corrected chi connectivity index (χ2v) is 6.31. The topological polar surface area (TPSA) is 38.8 Å². The number of fused-ring (bicyclic) bond motifs is 1. The maximum Gasteiger partial charge on any atom is 0.226 e. The van der Waals surface area contributed by atoms with Gasteiger partial charge in [0.25, 0.3) is 0 Å². The number of hydrogen-bond acceptors (Lipinski definition) is 3. The van der Waals surface area contributed by atoms with Gasteiger partial charge in [0.05, 0.1) is 24.9 Å². The largest absolute Gasteiger partial charge is 0.376 e. The summed E-state index contributed by atoms with van der Waals surface area (Å²) in [5.41, 5.74) is -0.247. The lowest BCUT2D eigenvalue weighted by molar-refractivity contribution is -0.170. The molecule has 4 heteroatoms. The van der Waals surface area contributed by atoms with Gasteiger partial charge in [0.15, 0.2) is 0 Å². The van der Waals surface area contributed by atoms with Crippen LogP contribution in [0.15, 0.2) is 0 Å². The Morgan fingerprint density at radius 3 is 2.71 bits per heavy atom. The highest BCUT2D eigenvalue weighted by Crippen LogP contribution is 2.41. The molecule has 1 aliphatic carbocycles. The van der Waals surface area contributed by atoms with Gasteiger partial charge in [0.1, 0.15) is 6.10 Å². The lowest BCUT2D eigenvalue weighted by Crippen LogP contribution is -2.60. The Kier molecular flexibility index (Phi) is 2.49. The van der Waals surface area contributed by atoms with E-state index in [0.29, 0.717) is 31.6 Å². The van der Waals surface area contributed by atoms with Crippen LogP contribution in [-0.2, 0) is 14.3 Å². The molecule has 0 aromatic rings. The first-order valence-electron chi connectivity index (χ1n) is 6.54. The number of morpholine rings is 1. The van der Waals surface area contributed by atoms with E-state index in [0.717, 1.165) is 6.42 Å². The molecule has 1 amide bonds. The lowest BCUT2D eigenvalue weighted by Gasteiger charge is -2.45. The molecule has 2 heterocycles. The number of ether oxygens (including phenoxy) is 2. The van der Waals surface area contributed by atoms with E-state index >= 15 is 0 Å². The molecular weight excluding hydrogens is 218 g/mol. The van der Waals surface area contributed by atoms with Gasteiger partial charge in [-0.15, -0.1) is 0 Å². The standard InChI is InChI=1S/C13H21NO3/c1-8-4-9(8)12(15)14-7-13(2,3)17-11-6-16-5-10(11)14/h8-11H,4-7H2,1-3H3/t8?,9?,10-,11-/m1/s1. The third-order valence-electron chi connectivity index (χ3n) is 4.13. The Morgan fingerprint density at radius 2 is 2.06 bits per heavy atom. The van der Waals surface area contributed by atoms with E-state index in [4.69, 9.17) is 9.47 Å². The second-order valence-electron chi connectivity index (χ2n) is 6.31. The first-order valence-corrected chi connectivity index (χ1v) is 6.54. The fraction of sp³-hybridized carbons (Fsp3) is 0.923. The lowest BCUT2D eigenvalue weighted by atomic mass is 10.00. The number of carbonyl (C=O) groups excluding carboxylic acids is 1. The van der Waals surface area contributed by atoms with Crippen LogP contribution in [0.5, 0.6) is 0 Å². The van der Waals surface area contributed by atoms with Gasteiger partial charge in [0, 0.05) is 12.5 Å². The van der Waals surface area contributed by atoms with E-state index < -0.39 is 0 Å². The van der Waals surface area contributed by atoms with Crippen molar-refractivity contribution in [1.29, 1.82) is 0 Å². The van der Waals surface area contributed by atoms with E-state index in [-0.39, 0.29) is 23.7 Å². The first kappa shape index (κ1) is 11.5. The number of hydrogen-bond donors (Lipinski definition) is 0.